The van der Waals surface area contributed by atoms with Crippen molar-refractivity contribution in [2.75, 3.05) is 22.1 Å². The van der Waals surface area contributed by atoms with Crippen LogP contribution >= 0.6 is 11.8 Å². The number of hydrogen-bond acceptors (Lipinski definition) is 5. The van der Waals surface area contributed by atoms with Crippen LogP contribution in [0.5, 0.6) is 0 Å². The lowest BCUT2D eigenvalue weighted by Gasteiger charge is -2.14. The summed E-state index contributed by atoms with van der Waals surface area (Å²) in [4.78, 5) is 25.0. The van der Waals surface area contributed by atoms with E-state index in [1.807, 2.05) is 6.07 Å². The molecule has 1 atom stereocenters. The molecule has 0 fully saturated rings. The lowest BCUT2D eigenvalue weighted by molar-refractivity contribution is -0.119. The number of nitrogens with one attached hydrogen (secondary N) is 2. The molecule has 27 heavy (non-hydrogen) atoms. The van der Waals surface area contributed by atoms with Crippen molar-refractivity contribution in [2.45, 2.75) is 23.1 Å². The zero-order chi connectivity index (χ0) is 19.4. The molecule has 8 heteroatoms. The molecule has 0 saturated carbocycles. The van der Waals surface area contributed by atoms with Gasteiger partial charge in [0.1, 0.15) is 0 Å². The topological polar surface area (TPSA) is 92.3 Å². The molecular formula is C19H20N2O4S2. The Morgan fingerprint density at radius 2 is 1.96 bits per heavy atom. The molecule has 0 bridgehead atoms. The van der Waals surface area contributed by atoms with Crippen LogP contribution in [0.25, 0.3) is 0 Å². The largest absolute Gasteiger partial charge is 0.326 e. The van der Waals surface area contributed by atoms with Gasteiger partial charge in [-0.3, -0.25) is 9.59 Å². The van der Waals surface area contributed by atoms with Gasteiger partial charge in [-0.15, -0.1) is 11.8 Å². The van der Waals surface area contributed by atoms with Gasteiger partial charge in [0.2, 0.25) is 11.8 Å². The second-order valence-electron chi connectivity index (χ2n) is 6.34. The number of amides is 2. The first kappa shape index (κ1) is 19.4. The highest BCUT2D eigenvalue weighted by molar-refractivity contribution is 7.99. The molecule has 2 aromatic carbocycles. The number of benzene rings is 2. The predicted molar refractivity (Wildman–Crippen MR) is 107 cm³/mol. The van der Waals surface area contributed by atoms with E-state index < -0.39 is 15.8 Å². The Hall–Kier alpha value is -2.32. The molecule has 142 valence electrons. The molecule has 1 aliphatic rings. The Kier molecular flexibility index (Phi) is 5.86. The second-order valence-corrected chi connectivity index (χ2v) is 9.51. The maximum Gasteiger partial charge on any atom is 0.228 e. The van der Waals surface area contributed by atoms with Gasteiger partial charge in [0, 0.05) is 28.7 Å². The van der Waals surface area contributed by atoms with Gasteiger partial charge in [0.25, 0.3) is 0 Å². The highest BCUT2D eigenvalue weighted by Crippen LogP contribution is 2.33. The van der Waals surface area contributed by atoms with Crippen molar-refractivity contribution in [1.29, 1.82) is 0 Å². The number of anilines is 2. The van der Waals surface area contributed by atoms with E-state index >= 15 is 0 Å². The van der Waals surface area contributed by atoms with Crippen molar-refractivity contribution >= 4 is 44.8 Å². The Balaban J connectivity index is 1.74. The van der Waals surface area contributed by atoms with E-state index in [1.165, 1.54) is 23.9 Å². The lowest BCUT2D eigenvalue weighted by atomic mass is 10.2. The summed E-state index contributed by atoms with van der Waals surface area (Å²) in [5, 5.41) is 5.46. The fourth-order valence-corrected chi connectivity index (χ4v) is 5.19. The lowest BCUT2D eigenvalue weighted by Crippen LogP contribution is -2.27. The number of hydrogen-bond donors (Lipinski definition) is 2. The number of fused-ring (bicyclic) bond motifs is 1. The maximum atomic E-state index is 12.8. The molecule has 1 unspecified atom stereocenters. The molecule has 2 amide bonds. The van der Waals surface area contributed by atoms with Crippen LogP contribution in [0.3, 0.4) is 0 Å². The summed E-state index contributed by atoms with van der Waals surface area (Å²) in [5.74, 6) is -0.875. The molecule has 1 aliphatic heterocycles. The standard InChI is InChI=1S/C19H20N2O4S2/c1-13(19(23)20-14-5-3-2-4-6-14)12-27(24,25)15-7-8-17-16(11-15)21-18(22)9-10-26-17/h2-8,11,13H,9-10,12H2,1H3,(H,20,23)(H,21,22). The molecule has 3 rings (SSSR count). The van der Waals surface area contributed by atoms with Gasteiger partial charge < -0.3 is 10.6 Å². The SMILES string of the molecule is CC(CS(=O)(=O)c1ccc2c(c1)NC(=O)CCS2)C(=O)Nc1ccccc1. The molecular weight excluding hydrogens is 384 g/mol. The number of carbonyl (C=O) groups excluding carboxylic acids is 2. The van der Waals surface area contributed by atoms with Crippen LogP contribution in [0.15, 0.2) is 58.3 Å². The highest BCUT2D eigenvalue weighted by Gasteiger charge is 2.25. The van der Waals surface area contributed by atoms with E-state index in [1.54, 1.807) is 37.3 Å². The van der Waals surface area contributed by atoms with Gasteiger partial charge in [0.05, 0.1) is 16.3 Å². The summed E-state index contributed by atoms with van der Waals surface area (Å²) in [7, 11) is -3.68. The van der Waals surface area contributed by atoms with Crippen LogP contribution in [0.4, 0.5) is 11.4 Å². The minimum Gasteiger partial charge on any atom is -0.326 e. The van der Waals surface area contributed by atoms with Gasteiger partial charge in [-0.2, -0.15) is 0 Å². The van der Waals surface area contributed by atoms with Gasteiger partial charge in [-0.25, -0.2) is 8.42 Å². The first-order valence-electron chi connectivity index (χ1n) is 8.50. The molecule has 0 spiro atoms. The van der Waals surface area contributed by atoms with Crippen molar-refractivity contribution in [2.24, 2.45) is 5.92 Å². The van der Waals surface area contributed by atoms with Gasteiger partial charge in [0.15, 0.2) is 9.84 Å². The Morgan fingerprint density at radius 3 is 2.70 bits per heavy atom. The van der Waals surface area contributed by atoms with Crippen molar-refractivity contribution < 1.29 is 18.0 Å². The summed E-state index contributed by atoms with van der Waals surface area (Å²) in [6.07, 6.45) is 0.387. The van der Waals surface area contributed by atoms with E-state index in [2.05, 4.69) is 10.6 Å². The van der Waals surface area contributed by atoms with Crippen molar-refractivity contribution in [3.05, 3.63) is 48.5 Å². The quantitative estimate of drug-likeness (QED) is 0.799. The monoisotopic (exact) mass is 404 g/mol. The molecule has 0 aliphatic carbocycles. The average Bonchev–Trinajstić information content (AvgIpc) is 2.82. The number of thioether (sulfide) groups is 1. The zero-order valence-electron chi connectivity index (χ0n) is 14.8. The van der Waals surface area contributed by atoms with E-state index in [4.69, 9.17) is 0 Å². The third-order valence-electron chi connectivity index (χ3n) is 4.13. The zero-order valence-corrected chi connectivity index (χ0v) is 16.4. The fourth-order valence-electron chi connectivity index (χ4n) is 2.68. The van der Waals surface area contributed by atoms with Gasteiger partial charge in [-0.1, -0.05) is 25.1 Å². The third kappa shape index (κ3) is 4.90. The molecule has 2 aromatic rings. The minimum absolute atomic E-state index is 0.100. The van der Waals surface area contributed by atoms with Crippen LogP contribution < -0.4 is 10.6 Å². The molecule has 2 N–H and O–H groups in total. The van der Waals surface area contributed by atoms with E-state index in [0.29, 0.717) is 23.5 Å². The Morgan fingerprint density at radius 1 is 1.22 bits per heavy atom. The number of rotatable bonds is 5. The molecule has 6 nitrogen and oxygen atoms in total. The second kappa shape index (κ2) is 8.14. The van der Waals surface area contributed by atoms with Gasteiger partial charge in [-0.05, 0) is 30.3 Å². The molecule has 0 radical (unpaired) electrons. The van der Waals surface area contributed by atoms with Crippen molar-refractivity contribution in [3.8, 4) is 0 Å². The number of carbonyl (C=O) groups is 2. The molecule has 0 saturated heterocycles. The molecule has 1 heterocycles. The van der Waals surface area contributed by atoms with Crippen LogP contribution in [0, 0.1) is 5.92 Å². The third-order valence-corrected chi connectivity index (χ3v) is 7.12. The first-order chi connectivity index (χ1) is 12.8. The van der Waals surface area contributed by atoms with Crippen molar-refractivity contribution in [1.82, 2.24) is 0 Å². The van der Waals surface area contributed by atoms with Crippen LogP contribution in [0.2, 0.25) is 0 Å². The first-order valence-corrected chi connectivity index (χ1v) is 11.1. The smallest absolute Gasteiger partial charge is 0.228 e. The van der Waals surface area contributed by atoms with Gasteiger partial charge >= 0.3 is 0 Å². The molecule has 0 aromatic heterocycles. The van der Waals surface area contributed by atoms with E-state index in [0.717, 1.165) is 4.90 Å². The average molecular weight is 405 g/mol. The maximum absolute atomic E-state index is 12.8. The van der Waals surface area contributed by atoms with Crippen LogP contribution in [-0.2, 0) is 19.4 Å². The van der Waals surface area contributed by atoms with Crippen LogP contribution in [-0.4, -0.2) is 31.7 Å². The van der Waals surface area contributed by atoms with E-state index in [-0.39, 0.29) is 22.5 Å². The summed E-state index contributed by atoms with van der Waals surface area (Å²) in [6, 6.07) is 13.6. The summed E-state index contributed by atoms with van der Waals surface area (Å²) < 4.78 is 25.5. The fraction of sp³-hybridized carbons (Fsp3) is 0.263. The highest BCUT2D eigenvalue weighted by atomic mass is 32.2. The Bertz CT molecular complexity index is 959. The predicted octanol–water partition coefficient (Wildman–Crippen LogP) is 3.17. The van der Waals surface area contributed by atoms with E-state index in [9.17, 15) is 18.0 Å². The van der Waals surface area contributed by atoms with Crippen LogP contribution in [0.1, 0.15) is 13.3 Å². The Labute approximate surface area is 162 Å². The summed E-state index contributed by atoms with van der Waals surface area (Å²) >= 11 is 1.51. The summed E-state index contributed by atoms with van der Waals surface area (Å²) in [5.41, 5.74) is 1.13. The number of sulfone groups is 1. The van der Waals surface area contributed by atoms with Crippen molar-refractivity contribution in [3.63, 3.8) is 0 Å². The minimum atomic E-state index is -3.68. The number of para-hydroxylation sites is 1. The summed E-state index contributed by atoms with van der Waals surface area (Å²) in [6.45, 7) is 1.58. The normalized spacial score (nSPS) is 15.2.